The van der Waals surface area contributed by atoms with Crippen LogP contribution in [0.25, 0.3) is 0 Å². The molecule has 0 amide bonds. The van der Waals surface area contributed by atoms with Gasteiger partial charge in [-0.2, -0.15) is 0 Å². The standard InChI is InChI=1S/C83H140O17P2/c1-5-9-13-17-21-25-29-32-35-37-38-40-43-45-49-52-56-60-64-68-81(86)94-74-79(100-83(88)70-66-62-58-54-50-46-41-34-31-27-23-19-15-11-7-3)76-98-102(91,92)96-72-77(84)71-95-101(89,90)97-75-78(99-82(87)69-65-61-57-53-47-28-24-20-16-12-8-4)73-93-80(85)67-63-59-55-51-48-44-42-39-36-33-30-26-22-18-14-10-6-2/h10-11,14-15,21-23,25-27,32-36,38,40-42,44,51,55,77-79,84H,5-9,12-13,16-20,24,28-31,37,39,43,45-50,52-54,56-76H2,1-4H3,(H,89,90)(H,91,92)/b14-10-,15-11-,25-21-,26-22-,27-23-,35-32-,36-33-,40-38-,41-34-,44-42-,55-51-. The first-order chi connectivity index (χ1) is 49.7. The summed E-state index contributed by atoms with van der Waals surface area (Å²) in [5.74, 6) is -2.27. The van der Waals surface area contributed by atoms with Crippen LogP contribution in [-0.2, 0) is 65.4 Å². The molecule has 0 saturated carbocycles. The van der Waals surface area contributed by atoms with Crippen LogP contribution < -0.4 is 0 Å². The highest BCUT2D eigenvalue weighted by Gasteiger charge is 2.30. The summed E-state index contributed by atoms with van der Waals surface area (Å²) in [4.78, 5) is 72.9. The summed E-state index contributed by atoms with van der Waals surface area (Å²) in [7, 11) is -9.98. The van der Waals surface area contributed by atoms with E-state index in [2.05, 4.69) is 149 Å². The Bertz CT molecular complexity index is 2460. The van der Waals surface area contributed by atoms with Gasteiger partial charge < -0.3 is 33.8 Å². The third-order valence-corrected chi connectivity index (χ3v) is 18.0. The maximum atomic E-state index is 13.1. The Hall–Kier alpha value is -4.80. The van der Waals surface area contributed by atoms with E-state index in [1.54, 1.807) is 0 Å². The summed E-state index contributed by atoms with van der Waals surface area (Å²) in [5, 5.41) is 10.6. The number of hydrogen-bond donors (Lipinski definition) is 3. The number of carbonyl (C=O) groups is 4. The van der Waals surface area contributed by atoms with Crippen LogP contribution in [0, 0.1) is 0 Å². The molecule has 0 aromatic rings. The molecule has 0 rings (SSSR count). The second-order valence-electron chi connectivity index (χ2n) is 25.9. The molecule has 3 N–H and O–H groups in total. The Balaban J connectivity index is 5.39. The quantitative estimate of drug-likeness (QED) is 0.0169. The second kappa shape index (κ2) is 74.5. The van der Waals surface area contributed by atoms with Crippen molar-refractivity contribution in [2.75, 3.05) is 39.6 Å². The number of unbranched alkanes of at least 4 members (excludes halogenated alkanes) is 25. The van der Waals surface area contributed by atoms with Crippen molar-refractivity contribution in [3.05, 3.63) is 134 Å². The van der Waals surface area contributed by atoms with Gasteiger partial charge in [-0.1, -0.05) is 283 Å². The lowest BCUT2D eigenvalue weighted by Crippen LogP contribution is -2.30. The zero-order valence-electron chi connectivity index (χ0n) is 63.7. The molecule has 0 heterocycles. The monoisotopic (exact) mass is 1470 g/mol. The molecule has 0 radical (unpaired) electrons. The van der Waals surface area contributed by atoms with Crippen LogP contribution in [0.15, 0.2) is 134 Å². The molecule has 0 spiro atoms. The lowest BCUT2D eigenvalue weighted by molar-refractivity contribution is -0.161. The highest BCUT2D eigenvalue weighted by atomic mass is 31.2. The molecule has 102 heavy (non-hydrogen) atoms. The Kier molecular flexibility index (Phi) is 71.0. The molecule has 0 saturated heterocycles. The Labute approximate surface area is 618 Å². The Morgan fingerprint density at radius 3 is 0.843 bits per heavy atom. The topological polar surface area (TPSA) is 237 Å². The van der Waals surface area contributed by atoms with Gasteiger partial charge in [-0.15, -0.1) is 0 Å². The smallest absolute Gasteiger partial charge is 0.462 e. The summed E-state index contributed by atoms with van der Waals surface area (Å²) in [6.07, 6.45) is 83.0. The number of carbonyl (C=O) groups excluding carboxylic acids is 4. The van der Waals surface area contributed by atoms with Gasteiger partial charge in [-0.05, 0) is 135 Å². The minimum absolute atomic E-state index is 0.0687. The fraction of sp³-hybridized carbons (Fsp3) is 0.687. The van der Waals surface area contributed by atoms with Gasteiger partial charge in [0.1, 0.15) is 19.3 Å². The van der Waals surface area contributed by atoms with Crippen molar-refractivity contribution < 1.29 is 80.2 Å². The maximum Gasteiger partial charge on any atom is 0.472 e. The number of rotatable bonds is 73. The highest BCUT2D eigenvalue weighted by Crippen LogP contribution is 2.45. The first-order valence-corrected chi connectivity index (χ1v) is 42.4. The molecule has 0 bridgehead atoms. The zero-order chi connectivity index (χ0) is 74.6. The van der Waals surface area contributed by atoms with Crippen molar-refractivity contribution in [3.63, 3.8) is 0 Å². The van der Waals surface area contributed by atoms with E-state index in [1.165, 1.54) is 57.8 Å². The number of aliphatic hydroxyl groups is 1. The molecular formula is C83H140O17P2. The number of hydrogen-bond acceptors (Lipinski definition) is 15. The van der Waals surface area contributed by atoms with E-state index < -0.39 is 97.5 Å². The lowest BCUT2D eigenvalue weighted by atomic mass is 10.1. The summed E-state index contributed by atoms with van der Waals surface area (Å²) >= 11 is 0. The summed E-state index contributed by atoms with van der Waals surface area (Å²) in [6, 6.07) is 0. The van der Waals surface area contributed by atoms with E-state index >= 15 is 0 Å². The molecule has 19 heteroatoms. The van der Waals surface area contributed by atoms with E-state index in [0.717, 1.165) is 167 Å². The summed E-state index contributed by atoms with van der Waals surface area (Å²) < 4.78 is 68.5. The van der Waals surface area contributed by atoms with E-state index in [4.69, 9.17) is 37.0 Å². The Morgan fingerprint density at radius 1 is 0.284 bits per heavy atom. The number of ether oxygens (including phenoxy) is 4. The highest BCUT2D eigenvalue weighted by molar-refractivity contribution is 7.47. The number of phosphoric ester groups is 2. The predicted molar refractivity (Wildman–Crippen MR) is 418 cm³/mol. The van der Waals surface area contributed by atoms with Gasteiger partial charge in [0.25, 0.3) is 0 Å². The third kappa shape index (κ3) is 73.5. The minimum Gasteiger partial charge on any atom is -0.462 e. The molecule has 0 aliphatic heterocycles. The fourth-order valence-electron chi connectivity index (χ4n) is 10.2. The first kappa shape index (κ1) is 97.2. The van der Waals surface area contributed by atoms with E-state index in [-0.39, 0.29) is 25.7 Å². The molecule has 584 valence electrons. The summed E-state index contributed by atoms with van der Waals surface area (Å²) in [6.45, 7) is 4.52. The van der Waals surface area contributed by atoms with Crippen LogP contribution in [0.2, 0.25) is 0 Å². The average molecular weight is 1470 g/mol. The van der Waals surface area contributed by atoms with Gasteiger partial charge in [-0.25, -0.2) is 9.13 Å². The SMILES string of the molecule is CC/C=C\C/C=C\C/C=C\C/C=C\C/C=C\CCCC(=O)OCC(COP(=O)(O)OCC(O)COP(=O)(O)OCC(COC(=O)CCCCCCCC/C=C\C/C=C\C/C=C\CCCCC)OC(=O)CCCCCCC/C=C\C/C=C\C/C=C\CC)OC(=O)CCCCCCCCCCCCC. The normalized spacial score (nSPS) is 14.6. The minimum atomic E-state index is -4.99. The van der Waals surface area contributed by atoms with Crippen LogP contribution >= 0.6 is 15.6 Å². The van der Waals surface area contributed by atoms with Gasteiger partial charge in [0.2, 0.25) is 0 Å². The van der Waals surface area contributed by atoms with Crippen LogP contribution in [0.5, 0.6) is 0 Å². The van der Waals surface area contributed by atoms with Crippen LogP contribution in [0.3, 0.4) is 0 Å². The van der Waals surface area contributed by atoms with Crippen molar-refractivity contribution in [1.29, 1.82) is 0 Å². The van der Waals surface area contributed by atoms with Crippen molar-refractivity contribution in [2.45, 2.75) is 329 Å². The molecule has 5 unspecified atom stereocenters. The number of esters is 4. The molecule has 0 aromatic heterocycles. The number of phosphoric acid groups is 2. The zero-order valence-corrected chi connectivity index (χ0v) is 65.5. The molecule has 0 aromatic carbocycles. The second-order valence-corrected chi connectivity index (χ2v) is 28.8. The predicted octanol–water partition coefficient (Wildman–Crippen LogP) is 22.9. The summed E-state index contributed by atoms with van der Waals surface area (Å²) in [5.41, 5.74) is 0. The average Bonchev–Trinajstić information content (AvgIpc) is 0.926. The molecule has 0 fully saturated rings. The van der Waals surface area contributed by atoms with Gasteiger partial charge in [0, 0.05) is 25.7 Å². The molecular weight excluding hydrogens is 1330 g/mol. The maximum absolute atomic E-state index is 13.1. The number of aliphatic hydroxyl groups excluding tert-OH is 1. The third-order valence-electron chi connectivity index (χ3n) is 16.1. The molecule has 0 aliphatic rings. The lowest BCUT2D eigenvalue weighted by Gasteiger charge is -2.21. The van der Waals surface area contributed by atoms with Gasteiger partial charge >= 0.3 is 39.5 Å². The largest absolute Gasteiger partial charge is 0.472 e. The van der Waals surface area contributed by atoms with Crippen molar-refractivity contribution in [2.24, 2.45) is 0 Å². The molecule has 5 atom stereocenters. The Morgan fingerprint density at radius 2 is 0.520 bits per heavy atom. The van der Waals surface area contributed by atoms with Crippen molar-refractivity contribution in [3.8, 4) is 0 Å². The number of allylic oxidation sites excluding steroid dienone is 22. The van der Waals surface area contributed by atoms with Gasteiger partial charge in [-0.3, -0.25) is 37.3 Å². The van der Waals surface area contributed by atoms with Gasteiger partial charge in [0.15, 0.2) is 12.2 Å². The first-order valence-electron chi connectivity index (χ1n) is 39.4. The van der Waals surface area contributed by atoms with Crippen molar-refractivity contribution >= 4 is 39.5 Å². The van der Waals surface area contributed by atoms with Gasteiger partial charge in [0.05, 0.1) is 26.4 Å². The van der Waals surface area contributed by atoms with E-state index in [1.807, 2.05) is 12.2 Å². The van der Waals surface area contributed by atoms with E-state index in [9.17, 15) is 43.2 Å². The van der Waals surface area contributed by atoms with Crippen LogP contribution in [-0.4, -0.2) is 96.7 Å². The van der Waals surface area contributed by atoms with Crippen LogP contribution in [0.1, 0.15) is 310 Å². The van der Waals surface area contributed by atoms with Crippen molar-refractivity contribution in [1.82, 2.24) is 0 Å². The molecule has 17 nitrogen and oxygen atoms in total. The molecule has 0 aliphatic carbocycles. The van der Waals surface area contributed by atoms with Crippen LogP contribution in [0.4, 0.5) is 0 Å². The van der Waals surface area contributed by atoms with E-state index in [0.29, 0.717) is 32.1 Å². The fourth-order valence-corrected chi connectivity index (χ4v) is 11.7.